The highest BCUT2D eigenvalue weighted by Crippen LogP contribution is 2.31. The second-order valence-corrected chi connectivity index (χ2v) is 6.44. The molecular formula is C15H17BrClN3. The number of anilines is 1. The van der Waals surface area contributed by atoms with Gasteiger partial charge < -0.3 is 9.47 Å². The van der Waals surface area contributed by atoms with Crippen molar-refractivity contribution >= 4 is 33.3 Å². The molecule has 2 aromatic rings. The van der Waals surface area contributed by atoms with E-state index in [-0.39, 0.29) is 0 Å². The van der Waals surface area contributed by atoms with Gasteiger partial charge in [0.25, 0.3) is 0 Å². The lowest BCUT2D eigenvalue weighted by Gasteiger charge is -2.34. The van der Waals surface area contributed by atoms with E-state index in [4.69, 9.17) is 11.6 Å². The number of hydrogen-bond acceptors (Lipinski definition) is 2. The zero-order valence-electron chi connectivity index (χ0n) is 11.4. The predicted octanol–water partition coefficient (Wildman–Crippen LogP) is 4.45. The highest BCUT2D eigenvalue weighted by Gasteiger charge is 2.23. The molecule has 3 heterocycles. The number of aromatic nitrogens is 2. The molecule has 2 aromatic heterocycles. The Bertz CT molecular complexity index is 603. The lowest BCUT2D eigenvalue weighted by molar-refractivity contribution is 0.390. The molecule has 0 aromatic carbocycles. The zero-order chi connectivity index (χ0) is 14.1. The Morgan fingerprint density at radius 2 is 2.05 bits per heavy atom. The average molecular weight is 355 g/mol. The predicted molar refractivity (Wildman–Crippen MR) is 86.6 cm³/mol. The molecule has 0 atom stereocenters. The third-order valence-electron chi connectivity index (χ3n) is 4.01. The number of halogens is 2. The first kappa shape index (κ1) is 14.0. The van der Waals surface area contributed by atoms with Crippen molar-refractivity contribution in [3.05, 3.63) is 45.8 Å². The van der Waals surface area contributed by atoms with Crippen LogP contribution < -0.4 is 4.90 Å². The van der Waals surface area contributed by atoms with E-state index < -0.39 is 0 Å². The van der Waals surface area contributed by atoms with E-state index >= 15 is 0 Å². The van der Waals surface area contributed by atoms with Crippen LogP contribution in [0.1, 0.15) is 24.6 Å². The van der Waals surface area contributed by atoms with Crippen LogP contribution >= 0.6 is 27.5 Å². The summed E-state index contributed by atoms with van der Waals surface area (Å²) in [6, 6.07) is 6.47. The first-order valence-corrected chi connectivity index (χ1v) is 8.02. The minimum Gasteiger partial charge on any atom is -0.355 e. The van der Waals surface area contributed by atoms with Gasteiger partial charge in [-0.3, -0.25) is 0 Å². The summed E-state index contributed by atoms with van der Waals surface area (Å²) in [5, 5.41) is 0.742. The molecule has 0 amide bonds. The smallest absolute Gasteiger partial charge is 0.147 e. The van der Waals surface area contributed by atoms with E-state index in [1.165, 1.54) is 10.2 Å². The molecule has 3 rings (SSSR count). The SMILES string of the molecule is Cc1c(Br)ccn1C1CCN(c2ncccc2Cl)CC1. The van der Waals surface area contributed by atoms with Crippen LogP contribution in [-0.2, 0) is 0 Å². The van der Waals surface area contributed by atoms with Gasteiger partial charge in [0.05, 0.1) is 5.02 Å². The maximum Gasteiger partial charge on any atom is 0.147 e. The fraction of sp³-hybridized carbons (Fsp3) is 0.400. The average Bonchev–Trinajstić information content (AvgIpc) is 2.80. The molecule has 0 radical (unpaired) electrons. The molecule has 5 heteroatoms. The van der Waals surface area contributed by atoms with Crippen molar-refractivity contribution in [1.82, 2.24) is 9.55 Å². The summed E-state index contributed by atoms with van der Waals surface area (Å²) in [6.45, 7) is 4.15. The summed E-state index contributed by atoms with van der Waals surface area (Å²) in [6.07, 6.45) is 6.22. The maximum atomic E-state index is 6.22. The second kappa shape index (κ2) is 5.78. The Balaban J connectivity index is 1.71. The number of rotatable bonds is 2. The standard InChI is InChI=1S/C15H17BrClN3/c1-11-13(16)6-10-20(11)12-4-8-19(9-5-12)15-14(17)3-2-7-18-15/h2-3,6-7,10,12H,4-5,8-9H2,1H3. The second-order valence-electron chi connectivity index (χ2n) is 5.18. The van der Waals surface area contributed by atoms with Gasteiger partial charge >= 0.3 is 0 Å². The Morgan fingerprint density at radius 1 is 1.30 bits per heavy atom. The molecule has 0 unspecified atom stereocenters. The summed E-state index contributed by atoms with van der Waals surface area (Å²) in [4.78, 5) is 6.69. The first-order valence-electron chi connectivity index (χ1n) is 6.85. The Labute approximate surface area is 132 Å². The van der Waals surface area contributed by atoms with Gasteiger partial charge in [0.1, 0.15) is 5.82 Å². The van der Waals surface area contributed by atoms with Gasteiger partial charge in [-0.15, -0.1) is 0 Å². The van der Waals surface area contributed by atoms with Gasteiger partial charge in [-0.1, -0.05) is 11.6 Å². The maximum absolute atomic E-state index is 6.22. The summed E-state index contributed by atoms with van der Waals surface area (Å²) < 4.78 is 3.56. The zero-order valence-corrected chi connectivity index (χ0v) is 13.7. The van der Waals surface area contributed by atoms with Crippen LogP contribution in [0.3, 0.4) is 0 Å². The van der Waals surface area contributed by atoms with E-state index in [0.717, 1.165) is 36.8 Å². The third kappa shape index (κ3) is 2.59. The topological polar surface area (TPSA) is 21.1 Å². The number of hydrogen-bond donors (Lipinski definition) is 0. The number of piperidine rings is 1. The van der Waals surface area contributed by atoms with Gasteiger partial charge in [0.15, 0.2) is 0 Å². The lowest BCUT2D eigenvalue weighted by Crippen LogP contribution is -2.35. The van der Waals surface area contributed by atoms with Crippen LogP contribution in [0.2, 0.25) is 5.02 Å². The van der Waals surface area contributed by atoms with Crippen molar-refractivity contribution in [3.8, 4) is 0 Å². The van der Waals surface area contributed by atoms with Gasteiger partial charge in [0.2, 0.25) is 0 Å². The largest absolute Gasteiger partial charge is 0.355 e. The van der Waals surface area contributed by atoms with Crippen LogP contribution in [0.4, 0.5) is 5.82 Å². The van der Waals surface area contributed by atoms with Crippen LogP contribution in [0, 0.1) is 6.92 Å². The molecule has 1 saturated heterocycles. The molecule has 0 N–H and O–H groups in total. The van der Waals surface area contributed by atoms with E-state index in [0.29, 0.717) is 6.04 Å². The molecular weight excluding hydrogens is 338 g/mol. The van der Waals surface area contributed by atoms with Crippen molar-refractivity contribution in [3.63, 3.8) is 0 Å². The lowest BCUT2D eigenvalue weighted by atomic mass is 10.0. The van der Waals surface area contributed by atoms with Crippen molar-refractivity contribution in [2.45, 2.75) is 25.8 Å². The molecule has 3 nitrogen and oxygen atoms in total. The van der Waals surface area contributed by atoms with Crippen LogP contribution in [0.25, 0.3) is 0 Å². The molecule has 0 aliphatic carbocycles. The number of nitrogens with zero attached hydrogens (tertiary/aromatic N) is 3. The molecule has 20 heavy (non-hydrogen) atoms. The quantitative estimate of drug-likeness (QED) is 0.794. The Kier molecular flexibility index (Phi) is 4.03. The van der Waals surface area contributed by atoms with Crippen molar-refractivity contribution < 1.29 is 0 Å². The summed E-state index contributed by atoms with van der Waals surface area (Å²) in [5.74, 6) is 0.915. The van der Waals surface area contributed by atoms with E-state index in [9.17, 15) is 0 Å². The summed E-state index contributed by atoms with van der Waals surface area (Å²) in [5.41, 5.74) is 1.30. The fourth-order valence-electron chi connectivity index (χ4n) is 2.86. The molecule has 0 saturated carbocycles. The van der Waals surface area contributed by atoms with Gasteiger partial charge in [-0.25, -0.2) is 4.98 Å². The van der Waals surface area contributed by atoms with Crippen LogP contribution in [0.5, 0.6) is 0 Å². The van der Waals surface area contributed by atoms with Crippen molar-refractivity contribution in [2.24, 2.45) is 0 Å². The van der Waals surface area contributed by atoms with Gasteiger partial charge in [-0.05, 0) is 53.9 Å². The van der Waals surface area contributed by atoms with Crippen molar-refractivity contribution in [2.75, 3.05) is 18.0 Å². The van der Waals surface area contributed by atoms with E-state index in [1.54, 1.807) is 6.20 Å². The minimum atomic E-state index is 0.569. The first-order chi connectivity index (χ1) is 9.66. The Hall–Kier alpha value is -1.00. The van der Waals surface area contributed by atoms with Crippen molar-refractivity contribution in [1.29, 1.82) is 0 Å². The van der Waals surface area contributed by atoms with Gasteiger partial charge in [0, 0.05) is 41.7 Å². The normalized spacial score (nSPS) is 16.6. The molecule has 0 spiro atoms. The summed E-state index contributed by atoms with van der Waals surface area (Å²) >= 11 is 9.81. The van der Waals surface area contributed by atoms with Gasteiger partial charge in [-0.2, -0.15) is 0 Å². The molecule has 0 bridgehead atoms. The summed E-state index contributed by atoms with van der Waals surface area (Å²) in [7, 11) is 0. The van der Waals surface area contributed by atoms with Crippen LogP contribution in [0.15, 0.2) is 35.1 Å². The molecule has 1 aliphatic heterocycles. The molecule has 106 valence electrons. The highest BCUT2D eigenvalue weighted by atomic mass is 79.9. The molecule has 1 fully saturated rings. The minimum absolute atomic E-state index is 0.569. The monoisotopic (exact) mass is 353 g/mol. The molecule has 1 aliphatic rings. The van der Waals surface area contributed by atoms with Crippen LogP contribution in [-0.4, -0.2) is 22.6 Å². The highest BCUT2D eigenvalue weighted by molar-refractivity contribution is 9.10. The Morgan fingerprint density at radius 3 is 2.65 bits per heavy atom. The number of pyridine rings is 1. The van der Waals surface area contributed by atoms with E-state index in [2.05, 4.69) is 49.6 Å². The third-order valence-corrected chi connectivity index (χ3v) is 5.14. The van der Waals surface area contributed by atoms with E-state index in [1.807, 2.05) is 12.1 Å². The fourth-order valence-corrected chi connectivity index (χ4v) is 3.43.